The summed E-state index contributed by atoms with van der Waals surface area (Å²) in [7, 11) is 1.78. The average molecular weight is 408 g/mol. The molecule has 2 aliphatic heterocycles. The molecule has 0 aromatic rings. The van der Waals surface area contributed by atoms with Crippen molar-refractivity contribution in [3.8, 4) is 0 Å². The standard InChI is InChI=1S/C24H41NO4/c1-5-6-9-19(3)22-12-7-10-20(28-4)15-13-18(2)14-16-23(26)25-17-8-11-21(25)24(27)29-22/h14,16,18-22H,5-13,15,17H2,1-4H3/b16-14-/t18-,19+,20+,21-,22-/m0/s1. The van der Waals surface area contributed by atoms with Crippen LogP contribution < -0.4 is 0 Å². The largest absolute Gasteiger partial charge is 0.461 e. The summed E-state index contributed by atoms with van der Waals surface area (Å²) in [6, 6.07) is -0.430. The first-order valence-corrected chi connectivity index (χ1v) is 11.7. The van der Waals surface area contributed by atoms with E-state index in [1.807, 2.05) is 6.08 Å². The Morgan fingerprint density at radius 2 is 1.97 bits per heavy atom. The van der Waals surface area contributed by atoms with Crippen LogP contribution in [0.3, 0.4) is 0 Å². The minimum Gasteiger partial charge on any atom is -0.461 e. The molecule has 1 amide bonds. The van der Waals surface area contributed by atoms with Crippen molar-refractivity contribution in [1.29, 1.82) is 0 Å². The lowest BCUT2D eigenvalue weighted by molar-refractivity contribution is -0.160. The van der Waals surface area contributed by atoms with Crippen LogP contribution in [0.4, 0.5) is 0 Å². The zero-order valence-corrected chi connectivity index (χ0v) is 18.9. The van der Waals surface area contributed by atoms with E-state index in [9.17, 15) is 9.59 Å². The van der Waals surface area contributed by atoms with Crippen molar-refractivity contribution in [1.82, 2.24) is 4.90 Å². The van der Waals surface area contributed by atoms with Gasteiger partial charge >= 0.3 is 5.97 Å². The van der Waals surface area contributed by atoms with Gasteiger partial charge in [-0.25, -0.2) is 4.79 Å². The normalized spacial score (nSPS) is 32.1. The van der Waals surface area contributed by atoms with E-state index in [0.29, 0.717) is 24.8 Å². The van der Waals surface area contributed by atoms with Gasteiger partial charge in [-0.2, -0.15) is 0 Å². The Balaban J connectivity index is 2.16. The van der Waals surface area contributed by atoms with E-state index in [-0.39, 0.29) is 24.1 Å². The number of fused-ring (bicyclic) bond motifs is 1. The Bertz CT molecular complexity index is 547. The second kappa shape index (κ2) is 12.4. The number of ether oxygens (including phenoxy) is 2. The fourth-order valence-electron chi connectivity index (χ4n) is 4.49. The molecule has 2 aliphatic rings. The fraction of sp³-hybridized carbons (Fsp3) is 0.833. The third-order valence-corrected chi connectivity index (χ3v) is 6.58. The Hall–Kier alpha value is -1.36. The number of esters is 1. The van der Waals surface area contributed by atoms with Gasteiger partial charge in [-0.3, -0.25) is 4.79 Å². The van der Waals surface area contributed by atoms with Gasteiger partial charge in [0.15, 0.2) is 0 Å². The van der Waals surface area contributed by atoms with Gasteiger partial charge in [0.2, 0.25) is 5.91 Å². The number of carbonyl (C=O) groups is 2. The molecule has 0 aliphatic carbocycles. The minimum absolute atomic E-state index is 0.0648. The maximum absolute atomic E-state index is 13.0. The van der Waals surface area contributed by atoms with Crippen molar-refractivity contribution < 1.29 is 19.1 Å². The molecule has 5 atom stereocenters. The third kappa shape index (κ3) is 7.44. The number of hydrogen-bond acceptors (Lipinski definition) is 4. The molecule has 1 fully saturated rings. The Kier molecular flexibility index (Phi) is 10.2. The molecule has 5 heteroatoms. The maximum atomic E-state index is 13.0. The SMILES string of the molecule is CCCC[C@@H](C)[C@@H]1CCC[C@@H](OC)CC[C@H](C)/C=C\C(=O)N2CCC[C@H]2C(=O)O1. The van der Waals surface area contributed by atoms with E-state index >= 15 is 0 Å². The molecule has 0 unspecified atom stereocenters. The molecule has 0 spiro atoms. The van der Waals surface area contributed by atoms with Crippen LogP contribution in [0.5, 0.6) is 0 Å². The van der Waals surface area contributed by atoms with Crippen molar-refractivity contribution in [2.75, 3.05) is 13.7 Å². The second-order valence-electron chi connectivity index (χ2n) is 8.99. The highest BCUT2D eigenvalue weighted by Crippen LogP contribution is 2.26. The van der Waals surface area contributed by atoms with Crippen molar-refractivity contribution in [2.24, 2.45) is 11.8 Å². The average Bonchev–Trinajstić information content (AvgIpc) is 3.21. The van der Waals surface area contributed by atoms with Crippen LogP contribution >= 0.6 is 0 Å². The molecule has 2 heterocycles. The molecule has 5 nitrogen and oxygen atoms in total. The number of amides is 1. The molecular formula is C24H41NO4. The molecule has 0 radical (unpaired) electrons. The van der Waals surface area contributed by atoms with Crippen LogP contribution in [0.1, 0.15) is 85.0 Å². The summed E-state index contributed by atoms with van der Waals surface area (Å²) in [5.74, 6) is 0.367. The first kappa shape index (κ1) is 23.9. The summed E-state index contributed by atoms with van der Waals surface area (Å²) < 4.78 is 11.7. The molecule has 166 valence electrons. The van der Waals surface area contributed by atoms with E-state index in [4.69, 9.17) is 9.47 Å². The van der Waals surface area contributed by atoms with Crippen LogP contribution in [0.2, 0.25) is 0 Å². The smallest absolute Gasteiger partial charge is 0.329 e. The van der Waals surface area contributed by atoms with E-state index in [1.54, 1.807) is 18.1 Å². The Morgan fingerprint density at radius 3 is 2.69 bits per heavy atom. The van der Waals surface area contributed by atoms with Crippen molar-refractivity contribution in [3.63, 3.8) is 0 Å². The van der Waals surface area contributed by atoms with Crippen LogP contribution in [0.25, 0.3) is 0 Å². The van der Waals surface area contributed by atoms with Gasteiger partial charge in [0, 0.05) is 13.7 Å². The molecule has 29 heavy (non-hydrogen) atoms. The molecule has 2 rings (SSSR count). The van der Waals surface area contributed by atoms with Gasteiger partial charge in [-0.15, -0.1) is 0 Å². The van der Waals surface area contributed by atoms with E-state index in [2.05, 4.69) is 20.8 Å². The summed E-state index contributed by atoms with van der Waals surface area (Å²) >= 11 is 0. The maximum Gasteiger partial charge on any atom is 0.329 e. The van der Waals surface area contributed by atoms with Gasteiger partial charge in [-0.1, -0.05) is 39.7 Å². The van der Waals surface area contributed by atoms with E-state index in [1.165, 1.54) is 0 Å². The number of hydrogen-bond donors (Lipinski definition) is 0. The lowest BCUT2D eigenvalue weighted by Gasteiger charge is -2.28. The lowest BCUT2D eigenvalue weighted by atomic mass is 9.92. The predicted molar refractivity (Wildman–Crippen MR) is 115 cm³/mol. The number of unbranched alkanes of at least 4 members (excludes halogenated alkanes) is 1. The molecule has 0 aromatic heterocycles. The van der Waals surface area contributed by atoms with Gasteiger partial charge in [0.1, 0.15) is 12.1 Å². The summed E-state index contributed by atoms with van der Waals surface area (Å²) in [6.45, 7) is 7.15. The zero-order valence-electron chi connectivity index (χ0n) is 18.9. The lowest BCUT2D eigenvalue weighted by Crippen LogP contribution is -2.42. The monoisotopic (exact) mass is 407 g/mol. The Morgan fingerprint density at radius 1 is 1.17 bits per heavy atom. The first-order chi connectivity index (χ1) is 14.0. The molecule has 0 aromatic carbocycles. The quantitative estimate of drug-likeness (QED) is 0.609. The number of rotatable bonds is 5. The van der Waals surface area contributed by atoms with Gasteiger partial charge in [0.05, 0.1) is 6.10 Å². The fourth-order valence-corrected chi connectivity index (χ4v) is 4.49. The van der Waals surface area contributed by atoms with Gasteiger partial charge in [0.25, 0.3) is 0 Å². The highest BCUT2D eigenvalue weighted by Gasteiger charge is 2.36. The van der Waals surface area contributed by atoms with Crippen LogP contribution in [0.15, 0.2) is 12.2 Å². The summed E-state index contributed by atoms with van der Waals surface area (Å²) in [5.41, 5.74) is 0. The number of nitrogens with zero attached hydrogens (tertiary/aromatic N) is 1. The van der Waals surface area contributed by atoms with E-state index < -0.39 is 6.04 Å². The van der Waals surface area contributed by atoms with Crippen molar-refractivity contribution >= 4 is 11.9 Å². The summed E-state index contributed by atoms with van der Waals surface area (Å²) in [5, 5.41) is 0. The number of allylic oxidation sites excluding steroid dienone is 1. The number of cyclic esters (lactones) is 1. The molecular weight excluding hydrogens is 366 g/mol. The highest BCUT2D eigenvalue weighted by atomic mass is 16.5. The van der Waals surface area contributed by atoms with Crippen LogP contribution in [-0.4, -0.2) is 48.7 Å². The number of methoxy groups -OCH3 is 1. The number of carbonyl (C=O) groups excluding carboxylic acids is 2. The van der Waals surface area contributed by atoms with Crippen LogP contribution in [0, 0.1) is 11.8 Å². The van der Waals surface area contributed by atoms with E-state index in [0.717, 1.165) is 57.8 Å². The topological polar surface area (TPSA) is 55.8 Å². The van der Waals surface area contributed by atoms with Gasteiger partial charge in [-0.05, 0) is 69.3 Å². The molecule has 0 bridgehead atoms. The summed E-state index contributed by atoms with van der Waals surface area (Å²) in [6.07, 6.45) is 13.5. The third-order valence-electron chi connectivity index (χ3n) is 6.58. The first-order valence-electron chi connectivity index (χ1n) is 11.7. The minimum atomic E-state index is -0.430. The van der Waals surface area contributed by atoms with Gasteiger partial charge < -0.3 is 14.4 Å². The zero-order chi connectivity index (χ0) is 21.2. The molecule has 0 saturated carbocycles. The van der Waals surface area contributed by atoms with Crippen molar-refractivity contribution in [2.45, 2.75) is 103 Å². The second-order valence-corrected chi connectivity index (χ2v) is 8.99. The predicted octanol–water partition coefficient (Wildman–Crippen LogP) is 4.89. The molecule has 0 N–H and O–H groups in total. The van der Waals surface area contributed by atoms with Crippen LogP contribution in [-0.2, 0) is 19.1 Å². The Labute approximate surface area is 177 Å². The van der Waals surface area contributed by atoms with Crippen molar-refractivity contribution in [3.05, 3.63) is 12.2 Å². The summed E-state index contributed by atoms with van der Waals surface area (Å²) in [4.78, 5) is 27.4. The molecule has 1 saturated heterocycles. The highest BCUT2D eigenvalue weighted by molar-refractivity contribution is 5.92.